The van der Waals surface area contributed by atoms with E-state index in [9.17, 15) is 10.5 Å². The number of rotatable bonds is 4. The Bertz CT molecular complexity index is 2640. The van der Waals surface area contributed by atoms with E-state index in [2.05, 4.69) is 91.0 Å². The van der Waals surface area contributed by atoms with Crippen LogP contribution in [0, 0.1) is 22.7 Å². The lowest BCUT2D eigenvalue weighted by molar-refractivity contribution is 0.668. The largest absolute Gasteiger partial charge is 0.456 e. The minimum absolute atomic E-state index is 0.468. The molecule has 0 bridgehead atoms. The van der Waals surface area contributed by atoms with Gasteiger partial charge in [0.05, 0.1) is 23.3 Å². The molecule has 7 aromatic carbocycles. The van der Waals surface area contributed by atoms with Crippen LogP contribution in [0.25, 0.3) is 88.4 Å². The average molecular weight is 613 g/mol. The van der Waals surface area contributed by atoms with E-state index < -0.39 is 0 Å². The summed E-state index contributed by atoms with van der Waals surface area (Å²) in [4.78, 5) is 0. The van der Waals surface area contributed by atoms with Crippen molar-refractivity contribution in [2.45, 2.75) is 0 Å². The molecule has 0 radical (unpaired) electrons. The third-order valence-corrected chi connectivity index (χ3v) is 9.10. The number of fused-ring (bicyclic) bond motifs is 6. The molecule has 4 heteroatoms. The molecule has 0 aliphatic carbocycles. The Hall–Kier alpha value is -6.88. The highest BCUT2D eigenvalue weighted by Crippen LogP contribution is 2.39. The molecule has 9 rings (SSSR count). The van der Waals surface area contributed by atoms with Gasteiger partial charge in [0, 0.05) is 21.5 Å². The molecule has 2 aromatic heterocycles. The van der Waals surface area contributed by atoms with Crippen molar-refractivity contribution in [3.63, 3.8) is 0 Å². The maximum atomic E-state index is 9.49. The molecule has 0 saturated heterocycles. The van der Waals surface area contributed by atoms with Gasteiger partial charge in [0.2, 0.25) is 0 Å². The molecule has 222 valence electrons. The number of benzene rings is 7. The van der Waals surface area contributed by atoms with Crippen molar-refractivity contribution in [2.75, 3.05) is 0 Å². The molecule has 0 atom stereocenters. The Labute approximate surface area is 275 Å². The highest BCUT2D eigenvalue weighted by Gasteiger charge is 2.14. The van der Waals surface area contributed by atoms with Crippen molar-refractivity contribution in [1.82, 2.24) is 0 Å². The van der Waals surface area contributed by atoms with Crippen LogP contribution in [0.3, 0.4) is 0 Å². The lowest BCUT2D eigenvalue weighted by Gasteiger charge is -2.12. The summed E-state index contributed by atoms with van der Waals surface area (Å²) in [6.07, 6.45) is 0. The van der Waals surface area contributed by atoms with Crippen molar-refractivity contribution >= 4 is 43.9 Å². The van der Waals surface area contributed by atoms with Gasteiger partial charge in [-0.3, -0.25) is 0 Å². The first-order valence-electron chi connectivity index (χ1n) is 15.7. The number of nitrogens with zero attached hydrogens (tertiary/aromatic N) is 2. The van der Waals surface area contributed by atoms with Gasteiger partial charge >= 0.3 is 0 Å². The SMILES string of the molecule is N#Cc1cc(C#N)cc(-c2ccc(-c3cc(-c4ccc5oc6ccccc6c5c4)cc(-c4ccc5oc6ccccc6c5c4)c3)cc2)c1. The van der Waals surface area contributed by atoms with Crippen LogP contribution in [0.1, 0.15) is 11.1 Å². The molecule has 0 amide bonds. The number of para-hydroxylation sites is 2. The summed E-state index contributed by atoms with van der Waals surface area (Å²) >= 11 is 0. The minimum Gasteiger partial charge on any atom is -0.456 e. The predicted octanol–water partition coefficient (Wildman–Crippen LogP) is 11.9. The summed E-state index contributed by atoms with van der Waals surface area (Å²) in [6, 6.07) is 53.7. The van der Waals surface area contributed by atoms with E-state index >= 15 is 0 Å². The second kappa shape index (κ2) is 10.9. The zero-order chi connectivity index (χ0) is 32.2. The van der Waals surface area contributed by atoms with E-state index in [-0.39, 0.29) is 0 Å². The number of hydrogen-bond donors (Lipinski definition) is 0. The van der Waals surface area contributed by atoms with E-state index in [0.717, 1.165) is 88.4 Å². The van der Waals surface area contributed by atoms with Crippen LogP contribution < -0.4 is 0 Å². The third kappa shape index (κ3) is 4.60. The van der Waals surface area contributed by atoms with Crippen LogP contribution in [0.5, 0.6) is 0 Å². The molecule has 0 unspecified atom stereocenters. The van der Waals surface area contributed by atoms with Gasteiger partial charge in [-0.1, -0.05) is 72.8 Å². The van der Waals surface area contributed by atoms with Gasteiger partial charge in [-0.2, -0.15) is 10.5 Å². The van der Waals surface area contributed by atoms with Crippen molar-refractivity contribution in [3.8, 4) is 56.6 Å². The summed E-state index contributed by atoms with van der Waals surface area (Å²) in [6.45, 7) is 0. The molecule has 0 spiro atoms. The number of hydrogen-bond acceptors (Lipinski definition) is 4. The number of nitriles is 2. The zero-order valence-electron chi connectivity index (χ0n) is 25.6. The highest BCUT2D eigenvalue weighted by atomic mass is 16.3. The van der Waals surface area contributed by atoms with Gasteiger partial charge in [0.1, 0.15) is 22.3 Å². The van der Waals surface area contributed by atoms with Gasteiger partial charge in [-0.25, -0.2) is 0 Å². The van der Waals surface area contributed by atoms with E-state index in [4.69, 9.17) is 8.83 Å². The first kappa shape index (κ1) is 27.4. The Morgan fingerprint density at radius 3 is 1.15 bits per heavy atom. The standard InChI is InChI=1S/C44H24N2O2/c45-25-27-17-28(26-46)19-33(18-27)29-9-11-30(12-10-29)34-20-35(31-13-15-43-39(23-31)37-5-1-3-7-41(37)47-43)22-36(21-34)32-14-16-44-40(24-32)38-6-2-4-8-42(38)48-44/h1-24H. The van der Waals surface area contributed by atoms with E-state index in [1.165, 1.54) is 0 Å². The fourth-order valence-electron chi connectivity index (χ4n) is 6.72. The lowest BCUT2D eigenvalue weighted by Crippen LogP contribution is -1.88. The molecular formula is C44H24N2O2. The van der Waals surface area contributed by atoms with Crippen LogP contribution in [-0.4, -0.2) is 0 Å². The first-order chi connectivity index (χ1) is 23.6. The monoisotopic (exact) mass is 612 g/mol. The molecule has 4 nitrogen and oxygen atoms in total. The maximum absolute atomic E-state index is 9.49. The lowest BCUT2D eigenvalue weighted by atomic mass is 9.91. The fraction of sp³-hybridized carbons (Fsp3) is 0. The van der Waals surface area contributed by atoms with Crippen molar-refractivity contribution in [1.29, 1.82) is 10.5 Å². The summed E-state index contributed by atoms with van der Waals surface area (Å²) in [7, 11) is 0. The Morgan fingerprint density at radius 1 is 0.312 bits per heavy atom. The zero-order valence-corrected chi connectivity index (χ0v) is 25.6. The van der Waals surface area contributed by atoms with Gasteiger partial charge in [0.15, 0.2) is 0 Å². The average Bonchev–Trinajstić information content (AvgIpc) is 3.72. The molecule has 0 N–H and O–H groups in total. The van der Waals surface area contributed by atoms with Gasteiger partial charge in [-0.15, -0.1) is 0 Å². The molecule has 0 aliphatic rings. The topological polar surface area (TPSA) is 73.9 Å². The Kier molecular flexibility index (Phi) is 6.22. The summed E-state index contributed by atoms with van der Waals surface area (Å²) < 4.78 is 12.3. The van der Waals surface area contributed by atoms with Gasteiger partial charge in [-0.05, 0) is 117 Å². The molecule has 48 heavy (non-hydrogen) atoms. The first-order valence-corrected chi connectivity index (χ1v) is 15.7. The van der Waals surface area contributed by atoms with Gasteiger partial charge in [0.25, 0.3) is 0 Å². The van der Waals surface area contributed by atoms with E-state index in [0.29, 0.717) is 11.1 Å². The van der Waals surface area contributed by atoms with Crippen LogP contribution in [-0.2, 0) is 0 Å². The van der Waals surface area contributed by atoms with E-state index in [1.54, 1.807) is 6.07 Å². The predicted molar refractivity (Wildman–Crippen MR) is 192 cm³/mol. The molecule has 9 aromatic rings. The van der Waals surface area contributed by atoms with Crippen molar-refractivity contribution < 1.29 is 8.83 Å². The molecule has 2 heterocycles. The summed E-state index contributed by atoms with van der Waals surface area (Å²) in [5, 5.41) is 23.3. The second-order valence-electron chi connectivity index (χ2n) is 12.0. The van der Waals surface area contributed by atoms with Crippen LogP contribution in [0.15, 0.2) is 154 Å². The molecular weight excluding hydrogens is 588 g/mol. The Morgan fingerprint density at radius 2 is 0.688 bits per heavy atom. The fourth-order valence-corrected chi connectivity index (χ4v) is 6.72. The molecule has 0 aliphatic heterocycles. The smallest absolute Gasteiger partial charge is 0.135 e. The van der Waals surface area contributed by atoms with Crippen LogP contribution in [0.2, 0.25) is 0 Å². The minimum atomic E-state index is 0.468. The van der Waals surface area contributed by atoms with Crippen molar-refractivity contribution in [2.24, 2.45) is 0 Å². The van der Waals surface area contributed by atoms with Gasteiger partial charge < -0.3 is 8.83 Å². The summed E-state index contributed by atoms with van der Waals surface area (Å²) in [5.41, 5.74) is 12.7. The Balaban J connectivity index is 1.21. The molecule has 0 saturated carbocycles. The maximum Gasteiger partial charge on any atom is 0.135 e. The molecule has 0 fully saturated rings. The normalized spacial score (nSPS) is 11.3. The summed E-state index contributed by atoms with van der Waals surface area (Å²) in [5.74, 6) is 0. The third-order valence-electron chi connectivity index (χ3n) is 9.10. The van der Waals surface area contributed by atoms with E-state index in [1.807, 2.05) is 60.7 Å². The number of furan rings is 2. The van der Waals surface area contributed by atoms with Crippen LogP contribution >= 0.6 is 0 Å². The van der Waals surface area contributed by atoms with Crippen LogP contribution in [0.4, 0.5) is 0 Å². The highest BCUT2D eigenvalue weighted by molar-refractivity contribution is 6.07. The second-order valence-corrected chi connectivity index (χ2v) is 12.0. The van der Waals surface area contributed by atoms with Crippen molar-refractivity contribution in [3.05, 3.63) is 157 Å². The quantitative estimate of drug-likeness (QED) is 0.198.